The van der Waals surface area contributed by atoms with Crippen LogP contribution >= 0.6 is 0 Å². The van der Waals surface area contributed by atoms with Crippen LogP contribution in [0.5, 0.6) is 0 Å². The number of hydrogen-bond acceptors (Lipinski definition) is 4. The van der Waals surface area contributed by atoms with Crippen molar-refractivity contribution in [3.8, 4) is 11.3 Å². The highest BCUT2D eigenvalue weighted by Gasteiger charge is 2.27. The van der Waals surface area contributed by atoms with Crippen molar-refractivity contribution in [1.29, 1.82) is 0 Å². The summed E-state index contributed by atoms with van der Waals surface area (Å²) in [6.07, 6.45) is 1.60. The molecule has 0 saturated heterocycles. The van der Waals surface area contributed by atoms with E-state index in [0.717, 1.165) is 17.7 Å². The van der Waals surface area contributed by atoms with Crippen LogP contribution in [0.4, 0.5) is 14.5 Å². The molecule has 2 aromatic carbocycles. The van der Waals surface area contributed by atoms with Gasteiger partial charge in [0.25, 0.3) is 5.91 Å². The Kier molecular flexibility index (Phi) is 5.78. The van der Waals surface area contributed by atoms with E-state index in [0.29, 0.717) is 33.7 Å². The van der Waals surface area contributed by atoms with Crippen molar-refractivity contribution >= 4 is 22.6 Å². The zero-order valence-corrected chi connectivity index (χ0v) is 19.1. The fraction of sp³-hybridized carbons (Fsp3) is 0.111. The second-order valence-electron chi connectivity index (χ2n) is 8.14. The predicted octanol–water partition coefficient (Wildman–Crippen LogP) is 5.46. The minimum atomic E-state index is -0.842. The maximum atomic E-state index is 14.9. The van der Waals surface area contributed by atoms with Gasteiger partial charge in [-0.05, 0) is 37.3 Å². The van der Waals surface area contributed by atoms with E-state index in [9.17, 15) is 13.6 Å². The molecule has 0 unspecified atom stereocenters. The molecule has 3 heterocycles. The van der Waals surface area contributed by atoms with Crippen LogP contribution in [-0.2, 0) is 13.6 Å². The molecule has 0 aliphatic carbocycles. The molecule has 0 atom stereocenters. The lowest BCUT2D eigenvalue weighted by molar-refractivity contribution is 0.0985. The normalized spacial score (nSPS) is 11.1. The molecule has 0 aliphatic rings. The zero-order valence-electron chi connectivity index (χ0n) is 19.1. The summed E-state index contributed by atoms with van der Waals surface area (Å²) >= 11 is 0. The Morgan fingerprint density at radius 1 is 1.00 bits per heavy atom. The molecule has 3 aromatic heterocycles. The van der Waals surface area contributed by atoms with Crippen LogP contribution in [0.1, 0.15) is 21.7 Å². The van der Waals surface area contributed by atoms with Gasteiger partial charge in [0.1, 0.15) is 11.6 Å². The second kappa shape index (κ2) is 9.06. The van der Waals surface area contributed by atoms with Crippen LogP contribution in [0.15, 0.2) is 79.0 Å². The molecule has 1 amide bonds. The quantitative estimate of drug-likeness (QED) is 0.343. The van der Waals surface area contributed by atoms with Crippen LogP contribution < -0.4 is 4.90 Å². The summed E-state index contributed by atoms with van der Waals surface area (Å²) in [6.45, 7) is 1.79. The van der Waals surface area contributed by atoms with Crippen molar-refractivity contribution < 1.29 is 13.6 Å². The van der Waals surface area contributed by atoms with Crippen molar-refractivity contribution in [2.24, 2.45) is 7.05 Å². The summed E-state index contributed by atoms with van der Waals surface area (Å²) in [5.41, 5.74) is 3.39. The van der Waals surface area contributed by atoms with E-state index in [4.69, 9.17) is 4.98 Å². The standard InChI is InChI=1S/C27H21F2N5O/c1-17-25-21(15-23(18-8-4-3-5-9-18)31-26(25)33(2)32-17)27(35)34(16-20-10-6-7-13-30-20)24-12-11-19(28)14-22(24)29/h3-15H,16H2,1-2H3. The Labute approximate surface area is 200 Å². The number of fused-ring (bicyclic) bond motifs is 1. The summed E-state index contributed by atoms with van der Waals surface area (Å²) < 4.78 is 30.2. The Bertz CT molecular complexity index is 1530. The van der Waals surface area contributed by atoms with Gasteiger partial charge in [0, 0.05) is 24.9 Å². The molecule has 0 bridgehead atoms. The summed E-state index contributed by atoms with van der Waals surface area (Å²) in [7, 11) is 1.76. The minimum Gasteiger partial charge on any atom is -0.299 e. The number of anilines is 1. The number of aryl methyl sites for hydroxylation is 2. The molecule has 8 heteroatoms. The first kappa shape index (κ1) is 22.3. The molecule has 35 heavy (non-hydrogen) atoms. The largest absolute Gasteiger partial charge is 0.299 e. The molecular formula is C27H21F2N5O. The number of aromatic nitrogens is 4. The van der Waals surface area contributed by atoms with Crippen LogP contribution in [0.25, 0.3) is 22.3 Å². The van der Waals surface area contributed by atoms with Crippen molar-refractivity contribution in [3.63, 3.8) is 0 Å². The fourth-order valence-corrected chi connectivity index (χ4v) is 4.14. The van der Waals surface area contributed by atoms with Gasteiger partial charge in [-0.3, -0.25) is 19.4 Å². The molecule has 174 valence electrons. The van der Waals surface area contributed by atoms with E-state index in [2.05, 4.69) is 10.1 Å². The number of halogens is 2. The summed E-state index contributed by atoms with van der Waals surface area (Å²) in [5.74, 6) is -2.04. The lowest BCUT2D eigenvalue weighted by Gasteiger charge is -2.24. The lowest BCUT2D eigenvalue weighted by Crippen LogP contribution is -2.32. The van der Waals surface area contributed by atoms with E-state index >= 15 is 0 Å². The molecule has 0 aliphatic heterocycles. The van der Waals surface area contributed by atoms with Gasteiger partial charge < -0.3 is 0 Å². The summed E-state index contributed by atoms with van der Waals surface area (Å²) in [4.78, 5) is 24.4. The van der Waals surface area contributed by atoms with Crippen LogP contribution in [0, 0.1) is 18.6 Å². The monoisotopic (exact) mass is 469 g/mol. The number of carbonyl (C=O) groups is 1. The first-order valence-electron chi connectivity index (χ1n) is 11.0. The predicted molar refractivity (Wildman–Crippen MR) is 130 cm³/mol. The van der Waals surface area contributed by atoms with Gasteiger partial charge in [-0.25, -0.2) is 13.8 Å². The number of benzene rings is 2. The van der Waals surface area contributed by atoms with Gasteiger partial charge in [-0.2, -0.15) is 5.10 Å². The topological polar surface area (TPSA) is 63.9 Å². The smallest absolute Gasteiger partial charge is 0.259 e. The van der Waals surface area contributed by atoms with Crippen molar-refractivity contribution in [2.75, 3.05) is 4.90 Å². The molecule has 5 aromatic rings. The van der Waals surface area contributed by atoms with E-state index in [1.165, 1.54) is 11.0 Å². The highest BCUT2D eigenvalue weighted by molar-refractivity contribution is 6.14. The van der Waals surface area contributed by atoms with Crippen molar-refractivity contribution in [1.82, 2.24) is 19.7 Å². The maximum Gasteiger partial charge on any atom is 0.259 e. The number of nitrogens with zero attached hydrogens (tertiary/aromatic N) is 5. The fourth-order valence-electron chi connectivity index (χ4n) is 4.14. The van der Waals surface area contributed by atoms with Crippen molar-refractivity contribution in [3.05, 3.63) is 108 Å². The van der Waals surface area contributed by atoms with Crippen molar-refractivity contribution in [2.45, 2.75) is 13.5 Å². The number of carbonyl (C=O) groups excluding carboxylic acids is 1. The molecule has 0 spiro atoms. The Hall–Kier alpha value is -4.46. The summed E-state index contributed by atoms with van der Waals surface area (Å²) in [5, 5.41) is 5.04. The highest BCUT2D eigenvalue weighted by atomic mass is 19.1. The first-order chi connectivity index (χ1) is 16.9. The average Bonchev–Trinajstić information content (AvgIpc) is 3.16. The molecule has 0 radical (unpaired) electrons. The zero-order chi connectivity index (χ0) is 24.5. The lowest BCUT2D eigenvalue weighted by atomic mass is 10.0. The highest BCUT2D eigenvalue weighted by Crippen LogP contribution is 2.30. The van der Waals surface area contributed by atoms with E-state index in [1.807, 2.05) is 30.3 Å². The van der Waals surface area contributed by atoms with Crippen LogP contribution in [-0.4, -0.2) is 25.7 Å². The third kappa shape index (κ3) is 4.26. The molecule has 6 nitrogen and oxygen atoms in total. The third-order valence-corrected chi connectivity index (χ3v) is 5.76. The molecule has 0 fully saturated rings. The number of amides is 1. The van der Waals surface area contributed by atoms with Crippen LogP contribution in [0.3, 0.4) is 0 Å². The Balaban J connectivity index is 1.71. The maximum absolute atomic E-state index is 14.9. The molecule has 5 rings (SSSR count). The van der Waals surface area contributed by atoms with Gasteiger partial charge in [0.05, 0.1) is 40.3 Å². The average molecular weight is 469 g/mol. The minimum absolute atomic E-state index is 0.00791. The van der Waals surface area contributed by atoms with E-state index < -0.39 is 17.5 Å². The molecule has 0 N–H and O–H groups in total. The Morgan fingerprint density at radius 3 is 2.49 bits per heavy atom. The number of rotatable bonds is 5. The van der Waals surface area contributed by atoms with Gasteiger partial charge in [-0.1, -0.05) is 36.4 Å². The van der Waals surface area contributed by atoms with Gasteiger partial charge in [-0.15, -0.1) is 0 Å². The third-order valence-electron chi connectivity index (χ3n) is 5.76. The Morgan fingerprint density at radius 2 is 1.77 bits per heavy atom. The number of pyridine rings is 2. The van der Waals surface area contributed by atoms with Gasteiger partial charge in [0.2, 0.25) is 0 Å². The first-order valence-corrected chi connectivity index (χ1v) is 11.0. The molecular weight excluding hydrogens is 448 g/mol. The SMILES string of the molecule is Cc1nn(C)c2nc(-c3ccccc3)cc(C(=O)N(Cc3ccccn3)c3ccc(F)cc3F)c12. The summed E-state index contributed by atoms with van der Waals surface area (Å²) in [6, 6.07) is 19.6. The second-order valence-corrected chi connectivity index (χ2v) is 8.14. The number of hydrogen-bond donors (Lipinski definition) is 0. The van der Waals surface area contributed by atoms with Gasteiger partial charge in [0.15, 0.2) is 5.65 Å². The van der Waals surface area contributed by atoms with E-state index in [1.54, 1.807) is 49.1 Å². The molecule has 0 saturated carbocycles. The van der Waals surface area contributed by atoms with Crippen LogP contribution in [0.2, 0.25) is 0 Å². The van der Waals surface area contributed by atoms with E-state index in [-0.39, 0.29) is 12.2 Å². The van der Waals surface area contributed by atoms with Gasteiger partial charge >= 0.3 is 0 Å².